The largest absolute Gasteiger partial charge is 0.432 e. The van der Waals surface area contributed by atoms with Crippen molar-refractivity contribution in [2.45, 2.75) is 116 Å². The van der Waals surface area contributed by atoms with Gasteiger partial charge in [0, 0.05) is 6.07 Å². The lowest BCUT2D eigenvalue weighted by atomic mass is 9.59. The molecule has 4 rings (SSSR count). The molecule has 0 radical (unpaired) electrons. The molecule has 0 N–H and O–H groups in total. The number of halogens is 3. The number of benzene rings is 1. The monoisotopic (exact) mass is 522 g/mol. The standard InChI is InChI=1S/C31H45F3O3/c1-2-3-4-5-6-8-21-11-13-22(14-12-21)23-15-17-26-24(19-23)9-7-10-27(26)30(35)36-25-16-18-29(28(32)20-25)37-31(33)34/h16,18,20-24,26-27,31H,2-15,17,19H2,1H3. The van der Waals surface area contributed by atoms with Gasteiger partial charge in [-0.15, -0.1) is 0 Å². The minimum Gasteiger partial charge on any atom is -0.432 e. The first kappa shape index (κ1) is 28.3. The van der Waals surface area contributed by atoms with Crippen molar-refractivity contribution in [2.75, 3.05) is 0 Å². The molecule has 0 spiro atoms. The van der Waals surface area contributed by atoms with E-state index in [1.807, 2.05) is 0 Å². The second kappa shape index (κ2) is 13.9. The highest BCUT2D eigenvalue weighted by molar-refractivity contribution is 5.75. The zero-order valence-corrected chi connectivity index (χ0v) is 22.4. The van der Waals surface area contributed by atoms with E-state index in [1.54, 1.807) is 0 Å². The lowest BCUT2D eigenvalue weighted by molar-refractivity contribution is -0.144. The van der Waals surface area contributed by atoms with Crippen LogP contribution in [0.4, 0.5) is 13.2 Å². The van der Waals surface area contributed by atoms with Crippen LogP contribution < -0.4 is 9.47 Å². The van der Waals surface area contributed by atoms with E-state index in [9.17, 15) is 18.0 Å². The quantitative estimate of drug-likeness (QED) is 0.165. The summed E-state index contributed by atoms with van der Waals surface area (Å²) < 4.78 is 48.5. The molecule has 3 saturated carbocycles. The SMILES string of the molecule is CCCCCCCC1CCC(C2CCC3C(CCCC3C(=O)Oc3ccc(OC(F)F)c(F)c3)C2)CC1. The first-order chi connectivity index (χ1) is 17.9. The molecule has 1 aromatic rings. The Balaban J connectivity index is 1.24. The van der Waals surface area contributed by atoms with E-state index < -0.39 is 18.2 Å². The molecule has 3 fully saturated rings. The topological polar surface area (TPSA) is 35.5 Å². The molecular weight excluding hydrogens is 477 g/mol. The molecule has 0 aromatic heterocycles. The Hall–Kier alpha value is -1.72. The van der Waals surface area contributed by atoms with Crippen molar-refractivity contribution >= 4 is 5.97 Å². The summed E-state index contributed by atoms with van der Waals surface area (Å²) in [6.07, 6.45) is 20.4. The average molecular weight is 523 g/mol. The summed E-state index contributed by atoms with van der Waals surface area (Å²) in [4.78, 5) is 13.1. The predicted octanol–water partition coefficient (Wildman–Crippen LogP) is 9.33. The summed E-state index contributed by atoms with van der Waals surface area (Å²) >= 11 is 0. The maximum absolute atomic E-state index is 14.1. The van der Waals surface area contributed by atoms with E-state index in [0.717, 1.165) is 49.1 Å². The molecule has 208 valence electrons. The number of alkyl halides is 2. The van der Waals surface area contributed by atoms with Gasteiger partial charge < -0.3 is 9.47 Å². The van der Waals surface area contributed by atoms with E-state index in [1.165, 1.54) is 89.5 Å². The van der Waals surface area contributed by atoms with Gasteiger partial charge in [-0.2, -0.15) is 8.78 Å². The van der Waals surface area contributed by atoms with Crippen molar-refractivity contribution < 1.29 is 27.4 Å². The Kier molecular flexibility index (Phi) is 10.6. The molecule has 3 nitrogen and oxygen atoms in total. The Labute approximate surface area is 220 Å². The Morgan fingerprint density at radius 2 is 1.68 bits per heavy atom. The van der Waals surface area contributed by atoms with Gasteiger partial charge in [0.15, 0.2) is 11.6 Å². The highest BCUT2D eigenvalue weighted by Gasteiger charge is 2.43. The second-order valence-corrected chi connectivity index (χ2v) is 11.9. The Morgan fingerprint density at radius 1 is 0.919 bits per heavy atom. The van der Waals surface area contributed by atoms with Gasteiger partial charge in [-0.3, -0.25) is 4.79 Å². The number of hydrogen-bond donors (Lipinski definition) is 0. The van der Waals surface area contributed by atoms with Crippen molar-refractivity contribution in [1.82, 2.24) is 0 Å². The fourth-order valence-corrected chi connectivity index (χ4v) is 7.63. The van der Waals surface area contributed by atoms with E-state index in [2.05, 4.69) is 11.7 Å². The number of ether oxygens (including phenoxy) is 2. The second-order valence-electron chi connectivity index (χ2n) is 11.9. The summed E-state index contributed by atoms with van der Waals surface area (Å²) in [7, 11) is 0. The van der Waals surface area contributed by atoms with Crippen molar-refractivity contribution in [2.24, 2.45) is 35.5 Å². The zero-order chi connectivity index (χ0) is 26.2. The van der Waals surface area contributed by atoms with Gasteiger partial charge in [0.25, 0.3) is 0 Å². The normalized spacial score (nSPS) is 30.1. The number of unbranched alkanes of at least 4 members (excludes halogenated alkanes) is 4. The fraction of sp³-hybridized carbons (Fsp3) is 0.774. The van der Waals surface area contributed by atoms with Crippen LogP contribution in [0.5, 0.6) is 11.5 Å². The van der Waals surface area contributed by atoms with Gasteiger partial charge in [0.05, 0.1) is 5.92 Å². The minimum absolute atomic E-state index is 0.0436. The van der Waals surface area contributed by atoms with Gasteiger partial charge >= 0.3 is 12.6 Å². The number of hydrogen-bond acceptors (Lipinski definition) is 3. The van der Waals surface area contributed by atoms with Crippen LogP contribution >= 0.6 is 0 Å². The van der Waals surface area contributed by atoms with Crippen LogP contribution in [0.2, 0.25) is 0 Å². The van der Waals surface area contributed by atoms with Gasteiger partial charge in [-0.1, -0.05) is 71.1 Å². The lowest BCUT2D eigenvalue weighted by Gasteiger charge is -2.46. The smallest absolute Gasteiger partial charge is 0.387 e. The van der Waals surface area contributed by atoms with Gasteiger partial charge in [-0.25, -0.2) is 4.39 Å². The molecule has 0 aliphatic heterocycles. The van der Waals surface area contributed by atoms with Gasteiger partial charge in [0.2, 0.25) is 0 Å². The first-order valence-corrected chi connectivity index (χ1v) is 14.9. The molecule has 4 atom stereocenters. The summed E-state index contributed by atoms with van der Waals surface area (Å²) in [5, 5.41) is 0. The van der Waals surface area contributed by atoms with E-state index >= 15 is 0 Å². The van der Waals surface area contributed by atoms with Crippen LogP contribution in [-0.4, -0.2) is 12.6 Å². The highest BCUT2D eigenvalue weighted by atomic mass is 19.3. The lowest BCUT2D eigenvalue weighted by Crippen LogP contribution is -2.40. The third-order valence-corrected chi connectivity index (χ3v) is 9.60. The number of fused-ring (bicyclic) bond motifs is 1. The van der Waals surface area contributed by atoms with Crippen molar-refractivity contribution in [1.29, 1.82) is 0 Å². The number of rotatable bonds is 11. The predicted molar refractivity (Wildman–Crippen MR) is 139 cm³/mol. The van der Waals surface area contributed by atoms with Crippen LogP contribution in [0.1, 0.15) is 110 Å². The molecule has 6 heteroatoms. The Morgan fingerprint density at radius 3 is 2.41 bits per heavy atom. The summed E-state index contributed by atoms with van der Waals surface area (Å²) in [6.45, 7) is -0.832. The molecule has 0 bridgehead atoms. The molecule has 37 heavy (non-hydrogen) atoms. The van der Waals surface area contributed by atoms with Crippen LogP contribution in [0.15, 0.2) is 18.2 Å². The summed E-state index contributed by atoms with van der Waals surface area (Å²) in [5.74, 6) is 1.54. The number of esters is 1. The molecule has 0 heterocycles. The van der Waals surface area contributed by atoms with Gasteiger partial charge in [-0.05, 0) is 80.2 Å². The first-order valence-electron chi connectivity index (χ1n) is 14.9. The highest BCUT2D eigenvalue weighted by Crippen LogP contribution is 2.50. The third kappa shape index (κ3) is 7.89. The van der Waals surface area contributed by atoms with Crippen molar-refractivity contribution in [3.05, 3.63) is 24.0 Å². The maximum Gasteiger partial charge on any atom is 0.387 e. The maximum atomic E-state index is 14.1. The molecule has 3 aliphatic carbocycles. The Bertz CT molecular complexity index is 852. The van der Waals surface area contributed by atoms with Crippen molar-refractivity contribution in [3.63, 3.8) is 0 Å². The van der Waals surface area contributed by atoms with Crippen molar-refractivity contribution in [3.8, 4) is 11.5 Å². The van der Waals surface area contributed by atoms with Crippen LogP contribution in [0.25, 0.3) is 0 Å². The summed E-state index contributed by atoms with van der Waals surface area (Å²) in [6, 6.07) is 3.35. The van der Waals surface area contributed by atoms with E-state index in [0.29, 0.717) is 11.8 Å². The van der Waals surface area contributed by atoms with E-state index in [-0.39, 0.29) is 17.6 Å². The zero-order valence-electron chi connectivity index (χ0n) is 22.4. The molecular formula is C31H45F3O3. The molecule has 0 amide bonds. The molecule has 4 unspecified atom stereocenters. The van der Waals surface area contributed by atoms with Gasteiger partial charge in [0.1, 0.15) is 5.75 Å². The van der Waals surface area contributed by atoms with Crippen LogP contribution in [0.3, 0.4) is 0 Å². The minimum atomic E-state index is -3.10. The third-order valence-electron chi connectivity index (χ3n) is 9.60. The molecule has 0 saturated heterocycles. The molecule has 1 aromatic carbocycles. The fourth-order valence-electron chi connectivity index (χ4n) is 7.63. The summed E-state index contributed by atoms with van der Waals surface area (Å²) in [5.41, 5.74) is 0. The van der Waals surface area contributed by atoms with E-state index in [4.69, 9.17) is 4.74 Å². The number of carbonyl (C=O) groups excluding carboxylic acids is 1. The van der Waals surface area contributed by atoms with Crippen LogP contribution in [-0.2, 0) is 4.79 Å². The average Bonchev–Trinajstić information content (AvgIpc) is 2.89. The number of carbonyl (C=O) groups is 1. The molecule has 3 aliphatic rings. The van der Waals surface area contributed by atoms with Crippen LogP contribution in [0, 0.1) is 41.3 Å².